The molecule has 0 radical (unpaired) electrons. The molecule has 0 bridgehead atoms. The van der Waals surface area contributed by atoms with E-state index in [1.165, 1.54) is 43.6 Å². The Balaban J connectivity index is 0.00000208. The Morgan fingerprint density at radius 2 is 1.62 bits per heavy atom. The van der Waals surface area contributed by atoms with Crippen LogP contribution >= 0.6 is 17.0 Å². The number of benzene rings is 2. The molecule has 2 atom stereocenters. The number of rotatable bonds is 5. The second-order valence-corrected chi connectivity index (χ2v) is 7.06. The van der Waals surface area contributed by atoms with Crippen molar-refractivity contribution in [2.24, 2.45) is 5.92 Å². The van der Waals surface area contributed by atoms with Crippen molar-refractivity contribution in [3.63, 3.8) is 0 Å². The lowest BCUT2D eigenvalue weighted by atomic mass is 9.65. The molecule has 0 amide bonds. The van der Waals surface area contributed by atoms with Gasteiger partial charge in [0.25, 0.3) is 0 Å². The van der Waals surface area contributed by atoms with Gasteiger partial charge in [-0.3, -0.25) is 0 Å². The lowest BCUT2D eigenvalue weighted by Crippen LogP contribution is -2.49. The Bertz CT molecular complexity index is 598. The van der Waals surface area contributed by atoms with Crippen LogP contribution in [0.2, 0.25) is 0 Å². The third kappa shape index (κ3) is 4.10. The highest BCUT2D eigenvalue weighted by atomic mass is 79.9. The van der Waals surface area contributed by atoms with Crippen molar-refractivity contribution >= 4 is 17.0 Å². The van der Waals surface area contributed by atoms with Crippen LogP contribution < -0.4 is 0 Å². The molecule has 2 aromatic rings. The number of nitrogens with zero attached hydrogens (tertiary/aromatic N) is 1. The second-order valence-electron chi connectivity index (χ2n) is 7.06. The topological polar surface area (TPSA) is 3.24 Å². The van der Waals surface area contributed by atoms with Crippen LogP contribution in [0.1, 0.15) is 37.8 Å². The predicted octanol–water partition coefficient (Wildman–Crippen LogP) is 5.50. The first-order valence-corrected chi connectivity index (χ1v) is 9.06. The summed E-state index contributed by atoms with van der Waals surface area (Å²) in [5.41, 5.74) is 3.36. The molecule has 2 heteroatoms. The number of likely N-dealkylation sites (tertiary alicyclic amines) is 1. The van der Waals surface area contributed by atoms with Gasteiger partial charge in [-0.15, -0.1) is 17.0 Å². The fraction of sp³-hybridized carbons (Fsp3) is 0.455. The summed E-state index contributed by atoms with van der Waals surface area (Å²) < 4.78 is 0. The zero-order valence-corrected chi connectivity index (χ0v) is 16.7. The molecule has 0 N–H and O–H groups in total. The Kier molecular flexibility index (Phi) is 7.06. The minimum Gasteiger partial charge on any atom is -0.303 e. The minimum absolute atomic E-state index is 0. The van der Waals surface area contributed by atoms with Crippen LogP contribution in [0.5, 0.6) is 0 Å². The fourth-order valence-electron chi connectivity index (χ4n) is 4.32. The van der Waals surface area contributed by atoms with Gasteiger partial charge in [0.05, 0.1) is 0 Å². The van der Waals surface area contributed by atoms with Crippen molar-refractivity contribution in [2.75, 3.05) is 19.6 Å². The van der Waals surface area contributed by atoms with Gasteiger partial charge in [0.15, 0.2) is 0 Å². The highest BCUT2D eigenvalue weighted by Gasteiger charge is 2.40. The monoisotopic (exact) mass is 387 g/mol. The van der Waals surface area contributed by atoms with E-state index in [-0.39, 0.29) is 17.0 Å². The normalized spacial score (nSPS) is 24.3. The van der Waals surface area contributed by atoms with Gasteiger partial charge in [-0.2, -0.15) is 0 Å². The van der Waals surface area contributed by atoms with E-state index < -0.39 is 0 Å². The van der Waals surface area contributed by atoms with Crippen molar-refractivity contribution in [3.05, 3.63) is 71.8 Å². The van der Waals surface area contributed by atoms with Crippen LogP contribution in [0.15, 0.2) is 60.7 Å². The molecule has 1 aliphatic heterocycles. The lowest BCUT2D eigenvalue weighted by Gasteiger charge is -2.47. The number of piperidine rings is 1. The molecule has 24 heavy (non-hydrogen) atoms. The third-order valence-corrected chi connectivity index (χ3v) is 5.89. The summed E-state index contributed by atoms with van der Waals surface area (Å²) in [4.78, 5) is 2.66. The molecule has 2 aromatic carbocycles. The first kappa shape index (κ1) is 19.2. The van der Waals surface area contributed by atoms with Crippen molar-refractivity contribution in [1.29, 1.82) is 0 Å². The van der Waals surface area contributed by atoms with E-state index >= 15 is 0 Å². The standard InChI is InChI=1S/C22H29N.BrH/c1-3-22(21-12-8-5-9-13-21)15-17-23(18-19(22)2)16-14-20-10-6-4-7-11-20;/h4-13,19H,3,14-18H2,1-2H3;1H/t19-,22-;/m0./s1. The molecule has 0 aromatic heterocycles. The highest BCUT2D eigenvalue weighted by Crippen LogP contribution is 2.42. The minimum atomic E-state index is 0. The molecule has 1 heterocycles. The van der Waals surface area contributed by atoms with Crippen LogP contribution in [-0.2, 0) is 11.8 Å². The number of hydrogen-bond acceptors (Lipinski definition) is 1. The van der Waals surface area contributed by atoms with Crippen molar-refractivity contribution in [3.8, 4) is 0 Å². The Morgan fingerprint density at radius 1 is 1.00 bits per heavy atom. The van der Waals surface area contributed by atoms with E-state index in [2.05, 4.69) is 79.4 Å². The van der Waals surface area contributed by atoms with Gasteiger partial charge in [-0.1, -0.05) is 74.5 Å². The zero-order chi connectivity index (χ0) is 16.1. The molecular weight excluding hydrogens is 358 g/mol. The summed E-state index contributed by atoms with van der Waals surface area (Å²) in [6.45, 7) is 8.44. The molecular formula is C22H30BrN. The van der Waals surface area contributed by atoms with E-state index in [1.807, 2.05) is 0 Å². The largest absolute Gasteiger partial charge is 0.303 e. The smallest absolute Gasteiger partial charge is 0.00219 e. The van der Waals surface area contributed by atoms with Gasteiger partial charge in [0.1, 0.15) is 0 Å². The average Bonchev–Trinajstić information content (AvgIpc) is 2.62. The van der Waals surface area contributed by atoms with E-state index in [9.17, 15) is 0 Å². The van der Waals surface area contributed by atoms with Crippen molar-refractivity contribution in [1.82, 2.24) is 4.90 Å². The summed E-state index contributed by atoms with van der Waals surface area (Å²) in [6, 6.07) is 22.1. The fourth-order valence-corrected chi connectivity index (χ4v) is 4.32. The van der Waals surface area contributed by atoms with E-state index in [1.54, 1.807) is 0 Å². The van der Waals surface area contributed by atoms with Gasteiger partial charge >= 0.3 is 0 Å². The van der Waals surface area contributed by atoms with Gasteiger partial charge in [-0.25, -0.2) is 0 Å². The summed E-state index contributed by atoms with van der Waals surface area (Å²) in [7, 11) is 0. The summed E-state index contributed by atoms with van der Waals surface area (Å²) >= 11 is 0. The van der Waals surface area contributed by atoms with Gasteiger partial charge < -0.3 is 4.90 Å². The van der Waals surface area contributed by atoms with Crippen LogP contribution in [0, 0.1) is 5.92 Å². The number of halogens is 1. The molecule has 130 valence electrons. The lowest BCUT2D eigenvalue weighted by molar-refractivity contribution is 0.0977. The van der Waals surface area contributed by atoms with Gasteiger partial charge in [0, 0.05) is 18.5 Å². The predicted molar refractivity (Wildman–Crippen MR) is 109 cm³/mol. The zero-order valence-electron chi connectivity index (χ0n) is 14.9. The first-order chi connectivity index (χ1) is 11.2. The molecule has 3 rings (SSSR count). The maximum atomic E-state index is 2.66. The van der Waals surface area contributed by atoms with Gasteiger partial charge in [0.2, 0.25) is 0 Å². The molecule has 0 saturated carbocycles. The van der Waals surface area contributed by atoms with E-state index in [4.69, 9.17) is 0 Å². The van der Waals surface area contributed by atoms with Crippen LogP contribution in [0.25, 0.3) is 0 Å². The van der Waals surface area contributed by atoms with Crippen LogP contribution in [0.3, 0.4) is 0 Å². The number of hydrogen-bond donors (Lipinski definition) is 0. The van der Waals surface area contributed by atoms with Crippen molar-refractivity contribution in [2.45, 2.75) is 38.5 Å². The summed E-state index contributed by atoms with van der Waals surface area (Å²) in [5.74, 6) is 0.708. The van der Waals surface area contributed by atoms with E-state index in [0.717, 1.165) is 6.42 Å². The molecule has 0 spiro atoms. The SMILES string of the molecule is Br.CC[C@]1(c2ccccc2)CCN(CCc2ccccc2)C[C@@H]1C. The second kappa shape index (κ2) is 8.82. The molecule has 1 aliphatic rings. The maximum Gasteiger partial charge on any atom is 0.00219 e. The Morgan fingerprint density at radius 3 is 2.21 bits per heavy atom. The molecule has 1 fully saturated rings. The van der Waals surface area contributed by atoms with Crippen LogP contribution in [-0.4, -0.2) is 24.5 Å². The molecule has 1 saturated heterocycles. The van der Waals surface area contributed by atoms with Gasteiger partial charge in [-0.05, 0) is 42.9 Å². The quantitative estimate of drug-likeness (QED) is 0.654. The Labute approximate surface area is 157 Å². The summed E-state index contributed by atoms with van der Waals surface area (Å²) in [6.07, 6.45) is 3.69. The van der Waals surface area contributed by atoms with Crippen molar-refractivity contribution < 1.29 is 0 Å². The molecule has 0 unspecified atom stereocenters. The Hall–Kier alpha value is -1.12. The van der Waals surface area contributed by atoms with Crippen LogP contribution in [0.4, 0.5) is 0 Å². The third-order valence-electron chi connectivity index (χ3n) is 5.89. The molecule has 1 nitrogen and oxygen atoms in total. The molecule has 0 aliphatic carbocycles. The summed E-state index contributed by atoms with van der Waals surface area (Å²) in [5, 5.41) is 0. The maximum absolute atomic E-state index is 2.66. The first-order valence-electron chi connectivity index (χ1n) is 9.06. The van der Waals surface area contributed by atoms with E-state index in [0.29, 0.717) is 11.3 Å². The highest BCUT2D eigenvalue weighted by molar-refractivity contribution is 8.93. The average molecular weight is 388 g/mol.